The Labute approximate surface area is 269 Å². The molecule has 0 saturated heterocycles. The third kappa shape index (κ3) is 8.36. The average Bonchev–Trinajstić information content (AvgIpc) is 3.60. The van der Waals surface area contributed by atoms with E-state index >= 15 is 0 Å². The van der Waals surface area contributed by atoms with Crippen LogP contribution in [0.2, 0.25) is 0 Å². The standard InChI is InChI=1S/C30H30INO9S2/c1-32(8-7-29(35)36)30(37)27-14-17-11-20(38-2)23(16-25(17)43-27)41-10-4-9-40-22-12-18-13-26(19(33)5-6-28(31)34)42-24(18)15-21(22)39-3/h11-16H,4-10H2,1-3H3,(H,35,36). The lowest BCUT2D eigenvalue weighted by molar-refractivity contribution is -0.137. The number of halogens is 1. The van der Waals surface area contributed by atoms with Gasteiger partial charge in [0.1, 0.15) is 0 Å². The minimum Gasteiger partial charge on any atom is -0.493 e. The third-order valence-corrected chi connectivity index (χ3v) is 9.22. The van der Waals surface area contributed by atoms with Crippen molar-refractivity contribution in [2.24, 2.45) is 0 Å². The van der Waals surface area contributed by atoms with Gasteiger partial charge in [0.2, 0.25) is 0 Å². The number of hydrogen-bond donors (Lipinski definition) is 1. The third-order valence-electron chi connectivity index (χ3n) is 6.45. The lowest BCUT2D eigenvalue weighted by Crippen LogP contribution is -2.28. The van der Waals surface area contributed by atoms with Crippen LogP contribution in [0, 0.1) is 0 Å². The number of hydrogen-bond acceptors (Lipinski definition) is 10. The van der Waals surface area contributed by atoms with Crippen molar-refractivity contribution in [2.75, 3.05) is 41.0 Å². The Morgan fingerprint density at radius 2 is 1.30 bits per heavy atom. The van der Waals surface area contributed by atoms with Gasteiger partial charge in [0.05, 0.1) is 43.6 Å². The quantitative estimate of drug-likeness (QED) is 0.0597. The first-order valence-electron chi connectivity index (χ1n) is 13.3. The maximum absolute atomic E-state index is 12.8. The summed E-state index contributed by atoms with van der Waals surface area (Å²) < 4.78 is 24.7. The number of carbonyl (C=O) groups is 4. The van der Waals surface area contributed by atoms with Crippen molar-refractivity contribution in [1.29, 1.82) is 0 Å². The summed E-state index contributed by atoms with van der Waals surface area (Å²) in [6.45, 7) is 0.812. The largest absolute Gasteiger partial charge is 0.493 e. The van der Waals surface area contributed by atoms with Crippen LogP contribution in [-0.4, -0.2) is 72.5 Å². The van der Waals surface area contributed by atoms with Crippen LogP contribution in [-0.2, 0) is 9.59 Å². The average molecular weight is 740 g/mol. The number of carboxylic acids is 1. The van der Waals surface area contributed by atoms with Crippen LogP contribution in [0.1, 0.15) is 45.0 Å². The van der Waals surface area contributed by atoms with E-state index in [9.17, 15) is 19.2 Å². The number of carbonyl (C=O) groups excluding carboxylic acids is 3. The van der Waals surface area contributed by atoms with Crippen molar-refractivity contribution in [3.8, 4) is 23.0 Å². The second kappa shape index (κ2) is 14.8. The van der Waals surface area contributed by atoms with Crippen LogP contribution in [0.25, 0.3) is 20.2 Å². The first kappa shape index (κ1) is 32.5. The highest BCUT2D eigenvalue weighted by Gasteiger charge is 2.18. The number of nitrogens with zero attached hydrogens (tertiary/aromatic N) is 1. The molecule has 13 heteroatoms. The van der Waals surface area contributed by atoms with Gasteiger partial charge >= 0.3 is 5.97 Å². The summed E-state index contributed by atoms with van der Waals surface area (Å²) in [5.74, 6) is 0.911. The molecule has 0 atom stereocenters. The van der Waals surface area contributed by atoms with E-state index in [4.69, 9.17) is 24.1 Å². The monoisotopic (exact) mass is 739 g/mol. The zero-order valence-corrected chi connectivity index (χ0v) is 27.6. The molecule has 0 radical (unpaired) electrons. The minimum atomic E-state index is -0.958. The molecule has 4 aromatic rings. The number of benzene rings is 2. The molecule has 228 valence electrons. The zero-order chi connectivity index (χ0) is 31.1. The molecular weight excluding hydrogens is 709 g/mol. The van der Waals surface area contributed by atoms with E-state index in [1.807, 2.05) is 30.3 Å². The number of ether oxygens (including phenoxy) is 4. The summed E-state index contributed by atoms with van der Waals surface area (Å²) in [7, 11) is 4.69. The fourth-order valence-corrected chi connectivity index (χ4v) is 6.57. The Hall–Kier alpha value is -3.43. The van der Waals surface area contributed by atoms with E-state index < -0.39 is 5.97 Å². The predicted octanol–water partition coefficient (Wildman–Crippen LogP) is 6.45. The van der Waals surface area contributed by atoms with E-state index in [2.05, 4.69) is 0 Å². The van der Waals surface area contributed by atoms with Gasteiger partial charge in [0.25, 0.3) is 5.91 Å². The highest BCUT2D eigenvalue weighted by atomic mass is 127. The van der Waals surface area contributed by atoms with Crippen molar-refractivity contribution in [1.82, 2.24) is 4.90 Å². The number of aliphatic carboxylic acids is 1. The molecule has 0 spiro atoms. The minimum absolute atomic E-state index is 0.0423. The maximum atomic E-state index is 12.8. The lowest BCUT2D eigenvalue weighted by atomic mass is 10.1. The van der Waals surface area contributed by atoms with E-state index in [-0.39, 0.29) is 41.3 Å². The second-order valence-corrected chi connectivity index (χ2v) is 12.9. The molecular formula is C30H30INO9S2. The summed E-state index contributed by atoms with van der Waals surface area (Å²) in [6, 6.07) is 10.9. The van der Waals surface area contributed by atoms with Crippen molar-refractivity contribution >= 4 is 86.9 Å². The molecule has 0 unspecified atom stereocenters. The van der Waals surface area contributed by atoms with Gasteiger partial charge in [-0.3, -0.25) is 19.2 Å². The van der Waals surface area contributed by atoms with E-state index in [1.54, 1.807) is 49.9 Å². The van der Waals surface area contributed by atoms with Crippen molar-refractivity contribution < 1.29 is 43.2 Å². The number of fused-ring (bicyclic) bond motifs is 2. The van der Waals surface area contributed by atoms with Crippen molar-refractivity contribution in [2.45, 2.75) is 25.7 Å². The normalized spacial score (nSPS) is 11.0. The van der Waals surface area contributed by atoms with Crippen LogP contribution >= 0.6 is 45.3 Å². The molecule has 0 saturated carbocycles. The van der Waals surface area contributed by atoms with Gasteiger partial charge < -0.3 is 29.0 Å². The number of thiophene rings is 2. The van der Waals surface area contributed by atoms with E-state index in [1.165, 1.54) is 27.6 Å². The summed E-state index contributed by atoms with van der Waals surface area (Å²) in [4.78, 5) is 49.8. The summed E-state index contributed by atoms with van der Waals surface area (Å²) in [5.41, 5.74) is 0. The molecule has 0 aliphatic heterocycles. The van der Waals surface area contributed by atoms with E-state index in [0.717, 1.165) is 20.2 Å². The van der Waals surface area contributed by atoms with Crippen LogP contribution in [0.4, 0.5) is 0 Å². The first-order valence-corrected chi connectivity index (χ1v) is 16.0. The highest BCUT2D eigenvalue weighted by Crippen LogP contribution is 2.38. The topological polar surface area (TPSA) is 129 Å². The Bertz CT molecular complexity index is 1660. The summed E-state index contributed by atoms with van der Waals surface area (Å²) in [5, 5.41) is 10.6. The van der Waals surface area contributed by atoms with Crippen molar-refractivity contribution in [3.05, 3.63) is 46.2 Å². The van der Waals surface area contributed by atoms with Crippen LogP contribution in [0.15, 0.2) is 36.4 Å². The highest BCUT2D eigenvalue weighted by molar-refractivity contribution is 14.1. The fraction of sp³-hybridized carbons (Fsp3) is 0.333. The predicted molar refractivity (Wildman–Crippen MR) is 174 cm³/mol. The van der Waals surface area contributed by atoms with Gasteiger partial charge in [-0.05, 0) is 57.6 Å². The van der Waals surface area contributed by atoms with Crippen LogP contribution < -0.4 is 18.9 Å². The van der Waals surface area contributed by atoms with Gasteiger partial charge in [-0.1, -0.05) is 0 Å². The number of methoxy groups -OCH3 is 2. The molecule has 1 N–H and O–H groups in total. The number of amides is 1. The van der Waals surface area contributed by atoms with Crippen LogP contribution in [0.3, 0.4) is 0 Å². The lowest BCUT2D eigenvalue weighted by Gasteiger charge is -2.14. The van der Waals surface area contributed by atoms with Crippen LogP contribution in [0.5, 0.6) is 23.0 Å². The molecule has 2 heterocycles. The molecule has 2 aromatic carbocycles. The molecule has 4 rings (SSSR count). The Morgan fingerprint density at radius 3 is 1.91 bits per heavy atom. The Morgan fingerprint density at radius 1 is 0.767 bits per heavy atom. The Kier molecular flexibility index (Phi) is 11.2. The van der Waals surface area contributed by atoms with Gasteiger partial charge in [-0.2, -0.15) is 0 Å². The number of carboxylic acid groups (broad SMARTS) is 1. The zero-order valence-electron chi connectivity index (χ0n) is 23.8. The molecule has 2 aromatic heterocycles. The van der Waals surface area contributed by atoms with Gasteiger partial charge in [-0.15, -0.1) is 22.7 Å². The first-order chi connectivity index (χ1) is 20.6. The summed E-state index contributed by atoms with van der Waals surface area (Å²) in [6.07, 6.45) is 0.838. The molecule has 10 nitrogen and oxygen atoms in total. The molecule has 43 heavy (non-hydrogen) atoms. The Balaban J connectivity index is 1.37. The molecule has 0 aliphatic rings. The number of ketones is 1. The molecule has 0 aliphatic carbocycles. The molecule has 0 fully saturated rings. The smallest absolute Gasteiger partial charge is 0.305 e. The van der Waals surface area contributed by atoms with Crippen molar-refractivity contribution in [3.63, 3.8) is 0 Å². The molecule has 0 bridgehead atoms. The number of Topliss-reactive ketones (excluding diaryl/α,β-unsaturated/α-hetero) is 1. The number of rotatable bonds is 16. The van der Waals surface area contributed by atoms with Gasteiger partial charge in [0.15, 0.2) is 32.6 Å². The summed E-state index contributed by atoms with van der Waals surface area (Å²) >= 11 is 4.37. The maximum Gasteiger partial charge on any atom is 0.305 e. The second-order valence-electron chi connectivity index (χ2n) is 9.50. The van der Waals surface area contributed by atoms with Gasteiger partial charge in [-0.25, -0.2) is 0 Å². The molecule has 1 amide bonds. The van der Waals surface area contributed by atoms with E-state index in [0.29, 0.717) is 52.4 Å². The SMILES string of the molecule is COc1cc2sc(C(=O)CCC(=O)I)cc2cc1OCCCOc1cc2sc(C(=O)N(C)CCC(=O)O)cc2cc1OC. The van der Waals surface area contributed by atoms with Gasteiger partial charge in [0, 0.05) is 54.4 Å². The fourth-order valence-electron chi connectivity index (χ4n) is 4.19.